The van der Waals surface area contributed by atoms with Crippen LogP contribution in [0.25, 0.3) is 6.08 Å². The van der Waals surface area contributed by atoms with Crippen LogP contribution in [0.1, 0.15) is 45.1 Å². The van der Waals surface area contributed by atoms with E-state index in [0.29, 0.717) is 22.1 Å². The van der Waals surface area contributed by atoms with E-state index >= 15 is 0 Å². The molecule has 2 rings (SSSR count). The molecule has 1 atom stereocenters. The number of unbranched alkanes of at least 4 members (excludes halogenated alkanes) is 1. The second-order valence-electron chi connectivity index (χ2n) is 6.98. The van der Waals surface area contributed by atoms with Gasteiger partial charge < -0.3 is 10.4 Å². The third-order valence-electron chi connectivity index (χ3n) is 4.47. The number of carboxylic acid groups (broad SMARTS) is 1. The molecule has 1 heterocycles. The Morgan fingerprint density at radius 1 is 1.30 bits per heavy atom. The summed E-state index contributed by atoms with van der Waals surface area (Å²) >= 11 is 6.50. The average molecular weight is 447 g/mol. The molecule has 6 nitrogen and oxygen atoms in total. The van der Waals surface area contributed by atoms with Crippen molar-refractivity contribution < 1.29 is 19.5 Å². The van der Waals surface area contributed by atoms with Gasteiger partial charge in [0.25, 0.3) is 5.91 Å². The first-order valence-electron chi connectivity index (χ1n) is 9.82. The first-order chi connectivity index (χ1) is 14.3. The zero-order valence-electron chi connectivity index (χ0n) is 17.1. The number of allylic oxidation sites excluding steroid dienone is 2. The number of hydrogen-bond donors (Lipinski definition) is 2. The fraction of sp³-hybridized carbons (Fsp3) is 0.364. The van der Waals surface area contributed by atoms with Crippen LogP contribution >= 0.6 is 24.0 Å². The van der Waals surface area contributed by atoms with E-state index in [0.717, 1.165) is 17.6 Å². The third kappa shape index (κ3) is 7.11. The molecule has 2 amide bonds. The van der Waals surface area contributed by atoms with Gasteiger partial charge in [-0.2, -0.15) is 0 Å². The van der Waals surface area contributed by atoms with Crippen LogP contribution in [-0.2, 0) is 14.4 Å². The van der Waals surface area contributed by atoms with E-state index in [1.165, 1.54) is 16.7 Å². The summed E-state index contributed by atoms with van der Waals surface area (Å²) in [6.45, 7) is 3.99. The van der Waals surface area contributed by atoms with Crippen molar-refractivity contribution in [3.63, 3.8) is 0 Å². The molecule has 2 N–H and O–H groups in total. The van der Waals surface area contributed by atoms with Gasteiger partial charge in [0.15, 0.2) is 0 Å². The monoisotopic (exact) mass is 446 g/mol. The molecule has 1 saturated heterocycles. The number of rotatable bonds is 10. The molecule has 160 valence electrons. The highest BCUT2D eigenvalue weighted by molar-refractivity contribution is 8.26. The van der Waals surface area contributed by atoms with Crippen LogP contribution in [0.2, 0.25) is 0 Å². The topological polar surface area (TPSA) is 86.7 Å². The van der Waals surface area contributed by atoms with Gasteiger partial charge in [0.05, 0.1) is 4.91 Å². The molecule has 8 heteroatoms. The Morgan fingerprint density at radius 3 is 2.63 bits per heavy atom. The molecule has 1 aromatic rings. The Bertz CT molecular complexity index is 865. The van der Waals surface area contributed by atoms with Crippen molar-refractivity contribution in [2.75, 3.05) is 6.54 Å². The zero-order valence-corrected chi connectivity index (χ0v) is 18.7. The molecule has 1 fully saturated rings. The number of thioether (sulfide) groups is 1. The Kier molecular flexibility index (Phi) is 9.26. The molecule has 0 aliphatic carbocycles. The number of thiocarbonyl (C=S) groups is 1. The molecule has 0 bridgehead atoms. The minimum atomic E-state index is -1.05. The fourth-order valence-corrected chi connectivity index (χ4v) is 4.26. The minimum Gasteiger partial charge on any atom is -0.480 e. The summed E-state index contributed by atoms with van der Waals surface area (Å²) in [5.41, 5.74) is 1.95. The van der Waals surface area contributed by atoms with Crippen molar-refractivity contribution in [3.05, 3.63) is 52.4 Å². The maximum Gasteiger partial charge on any atom is 0.326 e. The van der Waals surface area contributed by atoms with Crippen LogP contribution < -0.4 is 5.32 Å². The Balaban J connectivity index is 1.95. The number of benzene rings is 1. The van der Waals surface area contributed by atoms with E-state index in [1.54, 1.807) is 6.08 Å². The lowest BCUT2D eigenvalue weighted by Crippen LogP contribution is -2.42. The standard InChI is InChI=1S/C22H26N2O4S2/c1-3-4-10-17(21(27)28)23-19(25)11-12-24-20(26)18(30-22(24)29)14-15(2)13-16-8-6-5-7-9-16/h5-9,13-14,17H,3-4,10-12H2,1-2H3,(H,23,25)(H,27,28)/b15-13+,18-14+/t17-/m1/s1. The fourth-order valence-electron chi connectivity index (χ4n) is 2.90. The summed E-state index contributed by atoms with van der Waals surface area (Å²) in [7, 11) is 0. The summed E-state index contributed by atoms with van der Waals surface area (Å²) in [6.07, 6.45) is 5.70. The minimum absolute atomic E-state index is 0.00549. The summed E-state index contributed by atoms with van der Waals surface area (Å²) < 4.78 is 0.396. The van der Waals surface area contributed by atoms with E-state index in [-0.39, 0.29) is 18.9 Å². The van der Waals surface area contributed by atoms with Gasteiger partial charge in [-0.25, -0.2) is 4.79 Å². The number of carbonyl (C=O) groups is 3. The second kappa shape index (κ2) is 11.7. The second-order valence-corrected chi connectivity index (χ2v) is 8.66. The van der Waals surface area contributed by atoms with Gasteiger partial charge in [-0.1, -0.05) is 80.2 Å². The normalized spacial score (nSPS) is 16.8. The quantitative estimate of drug-likeness (QED) is 0.418. The van der Waals surface area contributed by atoms with E-state index in [9.17, 15) is 19.5 Å². The zero-order chi connectivity index (χ0) is 22.1. The maximum absolute atomic E-state index is 12.7. The number of nitrogens with one attached hydrogen (secondary N) is 1. The first kappa shape index (κ1) is 23.8. The van der Waals surface area contributed by atoms with Crippen LogP contribution in [0, 0.1) is 0 Å². The Hall–Kier alpha value is -2.45. The molecular formula is C22H26N2O4S2. The molecule has 0 aromatic heterocycles. The van der Waals surface area contributed by atoms with Crippen molar-refractivity contribution in [2.24, 2.45) is 0 Å². The van der Waals surface area contributed by atoms with Crippen LogP contribution in [0.5, 0.6) is 0 Å². The van der Waals surface area contributed by atoms with Crippen molar-refractivity contribution >= 4 is 52.2 Å². The lowest BCUT2D eigenvalue weighted by Gasteiger charge is -2.17. The van der Waals surface area contributed by atoms with Crippen LogP contribution in [0.15, 0.2) is 46.9 Å². The van der Waals surface area contributed by atoms with Gasteiger partial charge in [-0.05, 0) is 30.6 Å². The summed E-state index contributed by atoms with van der Waals surface area (Å²) in [5, 5.41) is 11.7. The van der Waals surface area contributed by atoms with E-state index in [2.05, 4.69) is 5.32 Å². The number of amides is 2. The van der Waals surface area contributed by atoms with Crippen molar-refractivity contribution in [3.8, 4) is 0 Å². The highest BCUT2D eigenvalue weighted by atomic mass is 32.2. The predicted octanol–water partition coefficient (Wildman–Crippen LogP) is 3.98. The van der Waals surface area contributed by atoms with E-state index in [4.69, 9.17) is 12.2 Å². The SMILES string of the molecule is CCCC[C@@H](NC(=O)CCN1C(=O)/C(=C\C(C)=C\c2ccccc2)SC1=S)C(=O)O. The van der Waals surface area contributed by atoms with Crippen molar-refractivity contribution in [2.45, 2.75) is 45.6 Å². The summed E-state index contributed by atoms with van der Waals surface area (Å²) in [4.78, 5) is 38.0. The first-order valence-corrected chi connectivity index (χ1v) is 11.0. The highest BCUT2D eigenvalue weighted by Crippen LogP contribution is 2.32. The molecule has 1 aromatic carbocycles. The molecular weight excluding hydrogens is 420 g/mol. The molecule has 1 aliphatic rings. The molecule has 30 heavy (non-hydrogen) atoms. The highest BCUT2D eigenvalue weighted by Gasteiger charge is 2.32. The van der Waals surface area contributed by atoms with Gasteiger partial charge >= 0.3 is 5.97 Å². The van der Waals surface area contributed by atoms with Crippen molar-refractivity contribution in [1.29, 1.82) is 0 Å². The summed E-state index contributed by atoms with van der Waals surface area (Å²) in [6, 6.07) is 8.88. The molecule has 0 spiro atoms. The molecule has 0 unspecified atom stereocenters. The van der Waals surface area contributed by atoms with Crippen molar-refractivity contribution in [1.82, 2.24) is 10.2 Å². The summed E-state index contributed by atoms with van der Waals surface area (Å²) in [5.74, 6) is -1.69. The van der Waals surface area contributed by atoms with Gasteiger partial charge in [-0.15, -0.1) is 0 Å². The number of carbonyl (C=O) groups excluding carboxylic acids is 2. The largest absolute Gasteiger partial charge is 0.480 e. The average Bonchev–Trinajstić information content (AvgIpc) is 2.96. The molecule has 0 saturated carbocycles. The number of nitrogens with zero attached hydrogens (tertiary/aromatic N) is 1. The van der Waals surface area contributed by atoms with Crippen LogP contribution in [0.4, 0.5) is 0 Å². The smallest absolute Gasteiger partial charge is 0.326 e. The van der Waals surface area contributed by atoms with Gasteiger partial charge in [0, 0.05) is 13.0 Å². The lowest BCUT2D eigenvalue weighted by molar-refractivity contribution is -0.142. The van der Waals surface area contributed by atoms with E-state index in [1.807, 2.05) is 50.3 Å². The predicted molar refractivity (Wildman–Crippen MR) is 124 cm³/mol. The van der Waals surface area contributed by atoms with Crippen LogP contribution in [-0.4, -0.2) is 44.7 Å². The molecule has 1 aliphatic heterocycles. The maximum atomic E-state index is 12.7. The van der Waals surface area contributed by atoms with Gasteiger partial charge in [0.1, 0.15) is 10.4 Å². The van der Waals surface area contributed by atoms with Gasteiger partial charge in [0.2, 0.25) is 5.91 Å². The molecule has 0 radical (unpaired) electrons. The van der Waals surface area contributed by atoms with E-state index < -0.39 is 17.9 Å². The van der Waals surface area contributed by atoms with Gasteiger partial charge in [-0.3, -0.25) is 14.5 Å². The lowest BCUT2D eigenvalue weighted by atomic mass is 10.1. The number of aliphatic carboxylic acids is 1. The third-order valence-corrected chi connectivity index (χ3v) is 5.85. The Labute approximate surface area is 186 Å². The Morgan fingerprint density at radius 2 is 2.00 bits per heavy atom. The number of hydrogen-bond acceptors (Lipinski definition) is 5. The van der Waals surface area contributed by atoms with Crippen LogP contribution in [0.3, 0.4) is 0 Å². The number of carboxylic acids is 1.